The molecule has 1 aromatic carbocycles. The van der Waals surface area contributed by atoms with Crippen molar-refractivity contribution in [2.75, 3.05) is 20.3 Å². The van der Waals surface area contributed by atoms with Crippen LogP contribution in [0.25, 0.3) is 0 Å². The van der Waals surface area contributed by atoms with Crippen LogP contribution in [-0.2, 0) is 4.74 Å². The molecule has 98 valence electrons. The molecule has 3 N–H and O–H groups in total. The molecule has 0 spiro atoms. The van der Waals surface area contributed by atoms with Crippen molar-refractivity contribution in [3.05, 3.63) is 35.9 Å². The quantitative estimate of drug-likeness (QED) is 0.471. The van der Waals surface area contributed by atoms with Crippen LogP contribution in [0.15, 0.2) is 35.3 Å². The van der Waals surface area contributed by atoms with E-state index >= 15 is 0 Å². The van der Waals surface area contributed by atoms with Gasteiger partial charge in [0.15, 0.2) is 5.96 Å². The van der Waals surface area contributed by atoms with Crippen molar-refractivity contribution in [2.24, 2.45) is 10.7 Å². The molecule has 0 atom stereocenters. The highest BCUT2D eigenvalue weighted by atomic mass is 16.5. The van der Waals surface area contributed by atoms with E-state index in [-0.39, 0.29) is 0 Å². The SMILES string of the molecule is COCCN=C(N)NC1CC(c2ccccc2)C1. The van der Waals surface area contributed by atoms with E-state index in [1.165, 1.54) is 5.56 Å². The second-order valence-corrected chi connectivity index (χ2v) is 4.68. The number of benzene rings is 1. The van der Waals surface area contributed by atoms with Crippen molar-refractivity contribution in [2.45, 2.75) is 24.8 Å². The third kappa shape index (κ3) is 3.47. The summed E-state index contributed by atoms with van der Waals surface area (Å²) in [6.07, 6.45) is 2.26. The van der Waals surface area contributed by atoms with Gasteiger partial charge in [0.1, 0.15) is 0 Å². The van der Waals surface area contributed by atoms with E-state index in [1.54, 1.807) is 7.11 Å². The minimum absolute atomic E-state index is 0.460. The van der Waals surface area contributed by atoms with E-state index in [9.17, 15) is 0 Å². The number of nitrogens with one attached hydrogen (secondary N) is 1. The van der Waals surface area contributed by atoms with Crippen LogP contribution in [0.3, 0.4) is 0 Å². The summed E-state index contributed by atoms with van der Waals surface area (Å²) in [6, 6.07) is 11.1. The Balaban J connectivity index is 1.71. The first-order valence-corrected chi connectivity index (χ1v) is 6.40. The average molecular weight is 247 g/mol. The molecule has 0 saturated heterocycles. The number of ether oxygens (including phenoxy) is 1. The highest BCUT2D eigenvalue weighted by Gasteiger charge is 2.30. The molecule has 4 heteroatoms. The van der Waals surface area contributed by atoms with Crippen LogP contribution < -0.4 is 11.1 Å². The largest absolute Gasteiger partial charge is 0.383 e. The Labute approximate surface area is 108 Å². The zero-order valence-corrected chi connectivity index (χ0v) is 10.8. The second-order valence-electron chi connectivity index (χ2n) is 4.68. The third-order valence-corrected chi connectivity index (χ3v) is 3.34. The molecule has 1 aliphatic rings. The number of methoxy groups -OCH3 is 1. The van der Waals surface area contributed by atoms with Gasteiger partial charge in [-0.2, -0.15) is 0 Å². The van der Waals surface area contributed by atoms with Gasteiger partial charge in [-0.05, 0) is 24.3 Å². The summed E-state index contributed by atoms with van der Waals surface area (Å²) < 4.78 is 4.92. The molecular weight excluding hydrogens is 226 g/mol. The molecule has 0 bridgehead atoms. The summed E-state index contributed by atoms with van der Waals surface area (Å²) in [5, 5.41) is 3.25. The Morgan fingerprint density at radius 2 is 2.11 bits per heavy atom. The fourth-order valence-corrected chi connectivity index (χ4v) is 2.25. The Bertz CT molecular complexity index is 385. The summed E-state index contributed by atoms with van der Waals surface area (Å²) in [5.74, 6) is 1.19. The van der Waals surface area contributed by atoms with Crippen molar-refractivity contribution < 1.29 is 4.74 Å². The van der Waals surface area contributed by atoms with Gasteiger partial charge in [-0.25, -0.2) is 0 Å². The predicted octanol–water partition coefficient (Wildman–Crippen LogP) is 1.48. The zero-order valence-electron chi connectivity index (χ0n) is 10.8. The third-order valence-electron chi connectivity index (χ3n) is 3.34. The fourth-order valence-electron chi connectivity index (χ4n) is 2.25. The maximum Gasteiger partial charge on any atom is 0.188 e. The summed E-state index contributed by atoms with van der Waals surface area (Å²) in [4.78, 5) is 4.19. The first-order valence-electron chi connectivity index (χ1n) is 6.40. The lowest BCUT2D eigenvalue weighted by molar-refractivity contribution is 0.207. The molecule has 0 aliphatic heterocycles. The lowest BCUT2D eigenvalue weighted by Gasteiger charge is -2.36. The molecule has 0 aromatic heterocycles. The van der Waals surface area contributed by atoms with Gasteiger partial charge >= 0.3 is 0 Å². The first kappa shape index (κ1) is 12.9. The summed E-state index contributed by atoms with van der Waals surface area (Å²) >= 11 is 0. The normalized spacial score (nSPS) is 23.5. The Kier molecular flexibility index (Phi) is 4.59. The maximum absolute atomic E-state index is 5.79. The van der Waals surface area contributed by atoms with Crippen LogP contribution in [0, 0.1) is 0 Å². The molecule has 1 saturated carbocycles. The molecule has 0 amide bonds. The molecule has 4 nitrogen and oxygen atoms in total. The van der Waals surface area contributed by atoms with E-state index in [0.717, 1.165) is 12.8 Å². The Morgan fingerprint density at radius 1 is 1.39 bits per heavy atom. The minimum Gasteiger partial charge on any atom is -0.383 e. The van der Waals surface area contributed by atoms with E-state index in [0.29, 0.717) is 31.1 Å². The molecule has 1 aromatic rings. The van der Waals surface area contributed by atoms with Gasteiger partial charge in [-0.1, -0.05) is 30.3 Å². The van der Waals surface area contributed by atoms with Gasteiger partial charge in [0.25, 0.3) is 0 Å². The number of hydrogen-bond acceptors (Lipinski definition) is 2. The fraction of sp³-hybridized carbons (Fsp3) is 0.500. The standard InChI is InChI=1S/C14H21N3O/c1-18-8-7-16-14(15)17-13-9-12(10-13)11-5-3-2-4-6-11/h2-6,12-13H,7-10H2,1H3,(H3,15,16,17). The summed E-state index contributed by atoms with van der Waals surface area (Å²) in [6.45, 7) is 1.23. The van der Waals surface area contributed by atoms with Gasteiger partial charge in [0.2, 0.25) is 0 Å². The lowest BCUT2D eigenvalue weighted by atomic mass is 9.76. The summed E-state index contributed by atoms with van der Waals surface area (Å²) in [5.41, 5.74) is 7.21. The van der Waals surface area contributed by atoms with Crippen molar-refractivity contribution in [1.82, 2.24) is 5.32 Å². The zero-order chi connectivity index (χ0) is 12.8. The number of guanidine groups is 1. The lowest BCUT2D eigenvalue weighted by Crippen LogP contribution is -2.46. The van der Waals surface area contributed by atoms with Crippen LogP contribution in [0.2, 0.25) is 0 Å². The van der Waals surface area contributed by atoms with Gasteiger partial charge in [-0.15, -0.1) is 0 Å². The van der Waals surface area contributed by atoms with Crippen molar-refractivity contribution in [1.29, 1.82) is 0 Å². The van der Waals surface area contributed by atoms with E-state index in [4.69, 9.17) is 10.5 Å². The maximum atomic E-state index is 5.79. The molecule has 1 fully saturated rings. The summed E-state index contributed by atoms with van der Waals surface area (Å²) in [7, 11) is 1.66. The minimum atomic E-state index is 0.460. The van der Waals surface area contributed by atoms with Crippen LogP contribution in [0.1, 0.15) is 24.3 Å². The number of nitrogens with two attached hydrogens (primary N) is 1. The van der Waals surface area contributed by atoms with Gasteiger partial charge in [0.05, 0.1) is 13.2 Å². The van der Waals surface area contributed by atoms with Gasteiger partial charge < -0.3 is 15.8 Å². The highest BCUT2D eigenvalue weighted by Crippen LogP contribution is 2.36. The molecule has 2 rings (SSSR count). The van der Waals surface area contributed by atoms with Gasteiger partial charge in [-0.3, -0.25) is 4.99 Å². The van der Waals surface area contributed by atoms with Crippen LogP contribution >= 0.6 is 0 Å². The molecule has 0 radical (unpaired) electrons. The second kappa shape index (κ2) is 6.40. The van der Waals surface area contributed by atoms with Gasteiger partial charge in [0, 0.05) is 13.2 Å². The van der Waals surface area contributed by atoms with E-state index in [1.807, 2.05) is 0 Å². The number of aliphatic imine (C=N–C) groups is 1. The monoisotopic (exact) mass is 247 g/mol. The molecular formula is C14H21N3O. The van der Waals surface area contributed by atoms with Crippen molar-refractivity contribution >= 4 is 5.96 Å². The van der Waals surface area contributed by atoms with Crippen LogP contribution in [0.5, 0.6) is 0 Å². The van der Waals surface area contributed by atoms with E-state index < -0.39 is 0 Å². The molecule has 1 aliphatic carbocycles. The first-order chi connectivity index (χ1) is 8.79. The predicted molar refractivity (Wildman–Crippen MR) is 73.7 cm³/mol. The average Bonchev–Trinajstić information content (AvgIpc) is 2.35. The van der Waals surface area contributed by atoms with Crippen LogP contribution in [0.4, 0.5) is 0 Å². The Morgan fingerprint density at radius 3 is 2.78 bits per heavy atom. The number of rotatable bonds is 5. The number of hydrogen-bond donors (Lipinski definition) is 2. The van der Waals surface area contributed by atoms with Crippen LogP contribution in [-0.4, -0.2) is 32.3 Å². The molecule has 0 heterocycles. The Hall–Kier alpha value is -1.55. The highest BCUT2D eigenvalue weighted by molar-refractivity contribution is 5.78. The number of nitrogens with zero attached hydrogens (tertiary/aromatic N) is 1. The van der Waals surface area contributed by atoms with E-state index in [2.05, 4.69) is 40.6 Å². The smallest absolute Gasteiger partial charge is 0.188 e. The molecule has 18 heavy (non-hydrogen) atoms. The topological polar surface area (TPSA) is 59.6 Å². The van der Waals surface area contributed by atoms with Crippen molar-refractivity contribution in [3.8, 4) is 0 Å². The van der Waals surface area contributed by atoms with Crippen molar-refractivity contribution in [3.63, 3.8) is 0 Å². The molecule has 0 unspecified atom stereocenters.